The molecule has 0 fully saturated rings. The summed E-state index contributed by atoms with van der Waals surface area (Å²) in [7, 11) is 0. The number of furan rings is 1. The van der Waals surface area contributed by atoms with Crippen molar-refractivity contribution in [2.75, 3.05) is 0 Å². The van der Waals surface area contributed by atoms with E-state index in [1.807, 2.05) is 0 Å². The van der Waals surface area contributed by atoms with Gasteiger partial charge in [0.05, 0.1) is 5.02 Å². The molecule has 1 unspecified atom stereocenters. The second-order valence-corrected chi connectivity index (χ2v) is 3.96. The van der Waals surface area contributed by atoms with Gasteiger partial charge in [0.1, 0.15) is 17.7 Å². The van der Waals surface area contributed by atoms with Crippen molar-refractivity contribution in [3.8, 4) is 0 Å². The van der Waals surface area contributed by atoms with Gasteiger partial charge in [-0.1, -0.05) is 23.7 Å². The molecule has 0 amide bonds. The average molecular weight is 271 g/mol. The molecule has 1 aromatic heterocycles. The zero-order chi connectivity index (χ0) is 13.3. The first-order valence-corrected chi connectivity index (χ1v) is 5.33. The van der Waals surface area contributed by atoms with Gasteiger partial charge in [-0.05, 0) is 18.2 Å². The molecule has 2 rings (SSSR count). The van der Waals surface area contributed by atoms with Crippen LogP contribution in [0.2, 0.25) is 5.02 Å². The molecule has 94 valence electrons. The SMILES string of the molecule is O=C(O)c1ccc(C(O)c2cccc(Cl)c2F)o1. The van der Waals surface area contributed by atoms with E-state index in [0.717, 1.165) is 0 Å². The van der Waals surface area contributed by atoms with E-state index in [1.54, 1.807) is 0 Å². The van der Waals surface area contributed by atoms with E-state index in [2.05, 4.69) is 0 Å². The molecule has 0 saturated heterocycles. The number of carboxylic acids is 1. The van der Waals surface area contributed by atoms with Crippen LogP contribution in [0.1, 0.15) is 28.0 Å². The Morgan fingerprint density at radius 3 is 2.67 bits per heavy atom. The monoisotopic (exact) mass is 270 g/mol. The Labute approximate surface area is 106 Å². The van der Waals surface area contributed by atoms with Crippen LogP contribution in [-0.2, 0) is 0 Å². The van der Waals surface area contributed by atoms with E-state index in [9.17, 15) is 14.3 Å². The minimum absolute atomic E-state index is 0.0615. The number of aromatic carboxylic acids is 1. The summed E-state index contributed by atoms with van der Waals surface area (Å²) in [5, 5.41) is 18.5. The number of aliphatic hydroxyl groups excluding tert-OH is 1. The third-order valence-electron chi connectivity index (χ3n) is 2.38. The van der Waals surface area contributed by atoms with Gasteiger partial charge >= 0.3 is 5.97 Å². The number of hydrogen-bond donors (Lipinski definition) is 2. The first-order chi connectivity index (χ1) is 8.50. The molecule has 0 saturated carbocycles. The van der Waals surface area contributed by atoms with E-state index in [4.69, 9.17) is 21.1 Å². The minimum Gasteiger partial charge on any atom is -0.475 e. The summed E-state index contributed by atoms with van der Waals surface area (Å²) in [5.41, 5.74) is -0.0752. The fraction of sp³-hybridized carbons (Fsp3) is 0.0833. The van der Waals surface area contributed by atoms with Gasteiger partial charge in [0.15, 0.2) is 0 Å². The molecule has 0 aliphatic carbocycles. The summed E-state index contributed by atoms with van der Waals surface area (Å²) in [6.45, 7) is 0. The van der Waals surface area contributed by atoms with Crippen molar-refractivity contribution in [2.45, 2.75) is 6.10 Å². The van der Waals surface area contributed by atoms with Crippen LogP contribution in [0.25, 0.3) is 0 Å². The van der Waals surface area contributed by atoms with E-state index in [0.29, 0.717) is 0 Å². The maximum Gasteiger partial charge on any atom is 0.371 e. The van der Waals surface area contributed by atoms with Gasteiger partial charge in [-0.25, -0.2) is 9.18 Å². The highest BCUT2D eigenvalue weighted by Crippen LogP contribution is 2.28. The van der Waals surface area contributed by atoms with Crippen molar-refractivity contribution in [3.63, 3.8) is 0 Å². The molecular weight excluding hydrogens is 263 g/mol. The van der Waals surface area contributed by atoms with Crippen molar-refractivity contribution < 1.29 is 23.8 Å². The second kappa shape index (κ2) is 4.80. The summed E-state index contributed by atoms with van der Waals surface area (Å²) in [6.07, 6.45) is -1.41. The number of rotatable bonds is 3. The van der Waals surface area contributed by atoms with Crippen LogP contribution in [0.15, 0.2) is 34.7 Å². The van der Waals surface area contributed by atoms with Crippen molar-refractivity contribution in [3.05, 3.63) is 58.3 Å². The molecule has 0 spiro atoms. The Morgan fingerprint density at radius 2 is 2.06 bits per heavy atom. The van der Waals surface area contributed by atoms with Gasteiger partial charge in [-0.3, -0.25) is 0 Å². The van der Waals surface area contributed by atoms with Crippen LogP contribution in [0, 0.1) is 5.82 Å². The smallest absolute Gasteiger partial charge is 0.371 e. The number of carboxylic acid groups (broad SMARTS) is 1. The normalized spacial score (nSPS) is 12.4. The van der Waals surface area contributed by atoms with Crippen LogP contribution < -0.4 is 0 Å². The number of aliphatic hydroxyl groups is 1. The van der Waals surface area contributed by atoms with Gasteiger partial charge in [0.25, 0.3) is 0 Å². The van der Waals surface area contributed by atoms with Crippen molar-refractivity contribution in [2.24, 2.45) is 0 Å². The largest absolute Gasteiger partial charge is 0.475 e. The number of halogens is 2. The quantitative estimate of drug-likeness (QED) is 0.900. The third kappa shape index (κ3) is 2.23. The summed E-state index contributed by atoms with van der Waals surface area (Å²) in [4.78, 5) is 10.6. The molecule has 1 atom stereocenters. The van der Waals surface area contributed by atoms with Crippen molar-refractivity contribution >= 4 is 17.6 Å². The lowest BCUT2D eigenvalue weighted by molar-refractivity contribution is 0.0655. The molecule has 0 bridgehead atoms. The topological polar surface area (TPSA) is 70.7 Å². The zero-order valence-electron chi connectivity index (χ0n) is 8.93. The molecule has 0 radical (unpaired) electrons. The van der Waals surface area contributed by atoms with Gasteiger partial charge in [0.2, 0.25) is 5.76 Å². The fourth-order valence-corrected chi connectivity index (χ4v) is 1.68. The molecule has 6 heteroatoms. The number of benzene rings is 1. The molecule has 18 heavy (non-hydrogen) atoms. The van der Waals surface area contributed by atoms with Crippen LogP contribution in [0.4, 0.5) is 4.39 Å². The van der Waals surface area contributed by atoms with E-state index in [1.165, 1.54) is 30.3 Å². The molecule has 0 aliphatic heterocycles. The highest BCUT2D eigenvalue weighted by Gasteiger charge is 2.21. The minimum atomic E-state index is -1.41. The standard InChI is InChI=1S/C12H8ClFO4/c13-7-3-1-2-6(10(7)14)11(15)8-4-5-9(18-8)12(16)17/h1-5,11,15H,(H,16,17). The summed E-state index contributed by atoms with van der Waals surface area (Å²) in [6, 6.07) is 6.62. The van der Waals surface area contributed by atoms with Crippen LogP contribution >= 0.6 is 11.6 Å². The Bertz CT molecular complexity index is 594. The van der Waals surface area contributed by atoms with Gasteiger partial charge in [0, 0.05) is 5.56 Å². The van der Waals surface area contributed by atoms with Gasteiger partial charge in [-0.15, -0.1) is 0 Å². The van der Waals surface area contributed by atoms with Crippen LogP contribution in [-0.4, -0.2) is 16.2 Å². The predicted octanol–water partition coefficient (Wildman–Crippen LogP) is 2.85. The van der Waals surface area contributed by atoms with Crippen LogP contribution in [0.5, 0.6) is 0 Å². The Kier molecular flexibility index (Phi) is 3.36. The van der Waals surface area contributed by atoms with E-state index in [-0.39, 0.29) is 22.1 Å². The maximum absolute atomic E-state index is 13.7. The molecule has 0 aliphatic rings. The molecular formula is C12H8ClFO4. The Morgan fingerprint density at radius 1 is 1.33 bits per heavy atom. The first-order valence-electron chi connectivity index (χ1n) is 4.95. The molecule has 1 aromatic carbocycles. The lowest BCUT2D eigenvalue weighted by Gasteiger charge is -2.09. The fourth-order valence-electron chi connectivity index (χ4n) is 1.50. The van der Waals surface area contributed by atoms with Crippen molar-refractivity contribution in [1.82, 2.24) is 0 Å². The molecule has 2 aromatic rings. The lowest BCUT2D eigenvalue weighted by atomic mass is 10.1. The highest BCUT2D eigenvalue weighted by atomic mass is 35.5. The number of carbonyl (C=O) groups is 1. The lowest BCUT2D eigenvalue weighted by Crippen LogP contribution is -2.02. The van der Waals surface area contributed by atoms with Crippen LogP contribution in [0.3, 0.4) is 0 Å². The predicted molar refractivity (Wildman–Crippen MR) is 61.1 cm³/mol. The molecule has 4 nitrogen and oxygen atoms in total. The first kappa shape index (κ1) is 12.6. The maximum atomic E-state index is 13.7. The Balaban J connectivity index is 2.38. The zero-order valence-corrected chi connectivity index (χ0v) is 9.69. The number of hydrogen-bond acceptors (Lipinski definition) is 3. The summed E-state index contributed by atoms with van der Waals surface area (Å²) >= 11 is 5.59. The van der Waals surface area contributed by atoms with E-state index >= 15 is 0 Å². The second-order valence-electron chi connectivity index (χ2n) is 3.55. The Hall–Kier alpha value is -1.85. The molecule has 1 heterocycles. The molecule has 2 N–H and O–H groups in total. The summed E-state index contributed by atoms with van der Waals surface area (Å²) in [5.74, 6) is -2.42. The van der Waals surface area contributed by atoms with Gasteiger partial charge < -0.3 is 14.6 Å². The van der Waals surface area contributed by atoms with Gasteiger partial charge in [-0.2, -0.15) is 0 Å². The highest BCUT2D eigenvalue weighted by molar-refractivity contribution is 6.30. The third-order valence-corrected chi connectivity index (χ3v) is 2.68. The average Bonchev–Trinajstić information content (AvgIpc) is 2.81. The van der Waals surface area contributed by atoms with Crippen molar-refractivity contribution in [1.29, 1.82) is 0 Å². The van der Waals surface area contributed by atoms with E-state index < -0.39 is 17.9 Å². The summed E-state index contributed by atoms with van der Waals surface area (Å²) < 4.78 is 18.6.